The van der Waals surface area contributed by atoms with E-state index in [1.165, 1.54) is 6.07 Å². The standard InChI is InChI=1S/C14H20FN3O/c15-11-6-2-1-5-10(11)13(9-16)18-8-4-3-7-12(18)14(17)19/h1-2,5-6,12-13H,3-4,7-9,16H2,(H2,17,19). The van der Waals surface area contributed by atoms with Crippen LogP contribution in [0.4, 0.5) is 4.39 Å². The first-order valence-corrected chi connectivity index (χ1v) is 6.64. The largest absolute Gasteiger partial charge is 0.368 e. The number of likely N-dealkylation sites (tertiary alicyclic amines) is 1. The number of piperidine rings is 1. The molecule has 1 amide bonds. The molecule has 1 aliphatic heterocycles. The summed E-state index contributed by atoms with van der Waals surface area (Å²) in [5.41, 5.74) is 11.8. The summed E-state index contributed by atoms with van der Waals surface area (Å²) < 4.78 is 13.9. The van der Waals surface area contributed by atoms with Crippen LogP contribution >= 0.6 is 0 Å². The molecule has 1 fully saturated rings. The summed E-state index contributed by atoms with van der Waals surface area (Å²) >= 11 is 0. The normalized spacial score (nSPS) is 22.1. The van der Waals surface area contributed by atoms with Crippen molar-refractivity contribution in [2.24, 2.45) is 11.5 Å². The quantitative estimate of drug-likeness (QED) is 0.858. The molecule has 0 aliphatic carbocycles. The van der Waals surface area contributed by atoms with Gasteiger partial charge in [-0.05, 0) is 25.5 Å². The minimum atomic E-state index is -0.352. The summed E-state index contributed by atoms with van der Waals surface area (Å²) in [5, 5.41) is 0. The van der Waals surface area contributed by atoms with Crippen LogP contribution in [0.1, 0.15) is 30.9 Å². The molecule has 0 spiro atoms. The molecule has 2 rings (SSSR count). The topological polar surface area (TPSA) is 72.3 Å². The number of benzene rings is 1. The van der Waals surface area contributed by atoms with E-state index in [0.717, 1.165) is 25.8 Å². The summed E-state index contributed by atoms with van der Waals surface area (Å²) in [7, 11) is 0. The summed E-state index contributed by atoms with van der Waals surface area (Å²) in [5.74, 6) is -0.638. The highest BCUT2D eigenvalue weighted by Crippen LogP contribution is 2.29. The molecular formula is C14H20FN3O. The second kappa shape index (κ2) is 6.12. The predicted molar refractivity (Wildman–Crippen MR) is 71.7 cm³/mol. The molecule has 5 heteroatoms. The Labute approximate surface area is 112 Å². The molecule has 4 nitrogen and oxygen atoms in total. The molecule has 1 aromatic carbocycles. The van der Waals surface area contributed by atoms with Gasteiger partial charge in [-0.25, -0.2) is 4.39 Å². The molecule has 0 aromatic heterocycles. The molecule has 2 atom stereocenters. The number of amides is 1. The Morgan fingerprint density at radius 3 is 2.79 bits per heavy atom. The number of hydrogen-bond donors (Lipinski definition) is 2. The lowest BCUT2D eigenvalue weighted by Gasteiger charge is -2.39. The van der Waals surface area contributed by atoms with Crippen LogP contribution in [-0.2, 0) is 4.79 Å². The molecule has 4 N–H and O–H groups in total. The van der Waals surface area contributed by atoms with Gasteiger partial charge in [-0.1, -0.05) is 24.6 Å². The smallest absolute Gasteiger partial charge is 0.234 e. The van der Waals surface area contributed by atoms with Gasteiger partial charge in [0.05, 0.1) is 12.1 Å². The van der Waals surface area contributed by atoms with Gasteiger partial charge in [-0.2, -0.15) is 0 Å². The highest BCUT2D eigenvalue weighted by molar-refractivity contribution is 5.80. The van der Waals surface area contributed by atoms with Gasteiger partial charge < -0.3 is 11.5 Å². The van der Waals surface area contributed by atoms with E-state index in [-0.39, 0.29) is 30.4 Å². The van der Waals surface area contributed by atoms with Crippen molar-refractivity contribution in [2.45, 2.75) is 31.3 Å². The van der Waals surface area contributed by atoms with E-state index in [0.29, 0.717) is 5.56 Å². The maximum absolute atomic E-state index is 13.9. The first kappa shape index (κ1) is 14.0. The number of halogens is 1. The Bertz CT molecular complexity index is 452. The molecule has 0 radical (unpaired) electrons. The van der Waals surface area contributed by atoms with Crippen molar-refractivity contribution < 1.29 is 9.18 Å². The Morgan fingerprint density at radius 1 is 1.42 bits per heavy atom. The number of carbonyl (C=O) groups is 1. The van der Waals surface area contributed by atoms with E-state index in [9.17, 15) is 9.18 Å². The van der Waals surface area contributed by atoms with Gasteiger partial charge in [0.25, 0.3) is 0 Å². The average molecular weight is 265 g/mol. The van der Waals surface area contributed by atoms with Gasteiger partial charge in [0, 0.05) is 12.1 Å². The number of rotatable bonds is 4. The van der Waals surface area contributed by atoms with Crippen molar-refractivity contribution in [3.63, 3.8) is 0 Å². The zero-order chi connectivity index (χ0) is 13.8. The second-order valence-corrected chi connectivity index (χ2v) is 4.92. The van der Waals surface area contributed by atoms with Gasteiger partial charge in [-0.15, -0.1) is 0 Å². The number of primary amides is 1. The predicted octanol–water partition coefficient (Wildman–Crippen LogP) is 1.17. The summed E-state index contributed by atoms with van der Waals surface area (Å²) in [6.07, 6.45) is 2.67. The number of nitrogens with two attached hydrogens (primary N) is 2. The van der Waals surface area contributed by atoms with Crippen molar-refractivity contribution in [2.75, 3.05) is 13.1 Å². The third-order valence-corrected chi connectivity index (χ3v) is 3.76. The average Bonchev–Trinajstić information content (AvgIpc) is 2.42. The zero-order valence-corrected chi connectivity index (χ0v) is 10.9. The van der Waals surface area contributed by atoms with E-state index >= 15 is 0 Å². The fraction of sp³-hybridized carbons (Fsp3) is 0.500. The Hall–Kier alpha value is -1.46. The molecular weight excluding hydrogens is 245 g/mol. The molecule has 1 aliphatic rings. The van der Waals surface area contributed by atoms with Gasteiger partial charge in [-0.3, -0.25) is 9.69 Å². The highest BCUT2D eigenvalue weighted by Gasteiger charge is 2.33. The fourth-order valence-electron chi connectivity index (χ4n) is 2.82. The van der Waals surface area contributed by atoms with Gasteiger partial charge in [0.15, 0.2) is 0 Å². The molecule has 104 valence electrons. The Kier molecular flexibility index (Phi) is 4.50. The van der Waals surface area contributed by atoms with Crippen LogP contribution < -0.4 is 11.5 Å². The van der Waals surface area contributed by atoms with Crippen molar-refractivity contribution in [1.29, 1.82) is 0 Å². The molecule has 1 aromatic rings. The summed E-state index contributed by atoms with van der Waals surface area (Å²) in [6, 6.07) is 5.93. The van der Waals surface area contributed by atoms with Crippen molar-refractivity contribution in [1.82, 2.24) is 4.90 Å². The SMILES string of the molecule is NCC(c1ccccc1F)N1CCCCC1C(N)=O. The lowest BCUT2D eigenvalue weighted by molar-refractivity contribution is -0.125. The van der Waals surface area contributed by atoms with Crippen LogP contribution in [0.25, 0.3) is 0 Å². The maximum Gasteiger partial charge on any atom is 0.234 e. The second-order valence-electron chi connectivity index (χ2n) is 4.92. The monoisotopic (exact) mass is 265 g/mol. The van der Waals surface area contributed by atoms with E-state index in [2.05, 4.69) is 0 Å². The van der Waals surface area contributed by atoms with E-state index in [1.807, 2.05) is 4.90 Å². The highest BCUT2D eigenvalue weighted by atomic mass is 19.1. The number of hydrogen-bond acceptors (Lipinski definition) is 3. The van der Waals surface area contributed by atoms with Crippen LogP contribution in [0, 0.1) is 5.82 Å². The lowest BCUT2D eigenvalue weighted by atomic mass is 9.95. The third-order valence-electron chi connectivity index (χ3n) is 3.76. The van der Waals surface area contributed by atoms with E-state index in [4.69, 9.17) is 11.5 Å². The van der Waals surface area contributed by atoms with Crippen molar-refractivity contribution in [3.05, 3.63) is 35.6 Å². The van der Waals surface area contributed by atoms with E-state index in [1.54, 1.807) is 18.2 Å². The van der Waals surface area contributed by atoms with Crippen molar-refractivity contribution >= 4 is 5.91 Å². The van der Waals surface area contributed by atoms with Crippen LogP contribution in [0.15, 0.2) is 24.3 Å². The number of nitrogens with zero attached hydrogens (tertiary/aromatic N) is 1. The van der Waals surface area contributed by atoms with Crippen LogP contribution in [0.3, 0.4) is 0 Å². The Balaban J connectivity index is 2.30. The minimum absolute atomic E-state index is 0.269. The first-order chi connectivity index (χ1) is 9.15. The minimum Gasteiger partial charge on any atom is -0.368 e. The van der Waals surface area contributed by atoms with Gasteiger partial charge in [0.1, 0.15) is 5.82 Å². The number of carbonyl (C=O) groups excluding carboxylic acids is 1. The zero-order valence-electron chi connectivity index (χ0n) is 10.9. The molecule has 2 unspecified atom stereocenters. The fourth-order valence-corrected chi connectivity index (χ4v) is 2.82. The summed E-state index contributed by atoms with van der Waals surface area (Å²) in [4.78, 5) is 13.5. The van der Waals surface area contributed by atoms with Gasteiger partial charge in [0.2, 0.25) is 5.91 Å². The molecule has 1 heterocycles. The Morgan fingerprint density at radius 2 is 2.16 bits per heavy atom. The first-order valence-electron chi connectivity index (χ1n) is 6.64. The van der Waals surface area contributed by atoms with Crippen LogP contribution in [0.5, 0.6) is 0 Å². The third kappa shape index (κ3) is 2.93. The maximum atomic E-state index is 13.9. The summed E-state index contributed by atoms with van der Waals surface area (Å²) in [6.45, 7) is 0.995. The molecule has 1 saturated heterocycles. The molecule has 0 saturated carbocycles. The van der Waals surface area contributed by atoms with Gasteiger partial charge >= 0.3 is 0 Å². The molecule has 19 heavy (non-hydrogen) atoms. The van der Waals surface area contributed by atoms with Crippen LogP contribution in [-0.4, -0.2) is 29.9 Å². The van der Waals surface area contributed by atoms with Crippen LogP contribution in [0.2, 0.25) is 0 Å². The van der Waals surface area contributed by atoms with E-state index < -0.39 is 0 Å². The van der Waals surface area contributed by atoms with Crippen molar-refractivity contribution in [3.8, 4) is 0 Å². The lowest BCUT2D eigenvalue weighted by Crippen LogP contribution is -2.50. The molecule has 0 bridgehead atoms.